The molecule has 1 aliphatic heterocycles. The molecule has 1 saturated heterocycles. The van der Waals surface area contributed by atoms with E-state index in [1.54, 1.807) is 25.4 Å². The zero-order valence-electron chi connectivity index (χ0n) is 17.6. The number of aromatic nitrogens is 1. The summed E-state index contributed by atoms with van der Waals surface area (Å²) in [4.78, 5) is 11.1. The van der Waals surface area contributed by atoms with Crippen molar-refractivity contribution in [3.63, 3.8) is 0 Å². The van der Waals surface area contributed by atoms with Crippen LogP contribution in [0, 0.1) is 5.82 Å². The third-order valence-electron chi connectivity index (χ3n) is 4.99. The van der Waals surface area contributed by atoms with E-state index in [1.807, 2.05) is 12.1 Å². The second-order valence-corrected chi connectivity index (χ2v) is 7.24. The van der Waals surface area contributed by atoms with Crippen LogP contribution in [-0.2, 0) is 6.54 Å². The van der Waals surface area contributed by atoms with Crippen molar-refractivity contribution in [1.29, 1.82) is 0 Å². The van der Waals surface area contributed by atoms with Crippen molar-refractivity contribution in [2.24, 2.45) is 4.99 Å². The predicted octanol–water partition coefficient (Wildman–Crippen LogP) is 4.17. The van der Waals surface area contributed by atoms with Crippen LogP contribution in [0.3, 0.4) is 0 Å². The standard InChI is InChI=1S/C22H30FN5O.HI/c1-3-12-28-13-9-19(10-14-28)27-22(24-2)26-16-17-8-11-25-21(15-17)29-20-6-4-18(23)5-7-20;/h4-8,11,15,19H,3,9-10,12-14,16H2,1-2H3,(H2,24,26,27);1H. The van der Waals surface area contributed by atoms with Gasteiger partial charge in [-0.2, -0.15) is 0 Å². The van der Waals surface area contributed by atoms with Gasteiger partial charge in [0, 0.05) is 45.0 Å². The molecule has 0 saturated carbocycles. The number of piperidine rings is 1. The molecule has 0 atom stereocenters. The minimum atomic E-state index is -0.293. The molecule has 2 heterocycles. The van der Waals surface area contributed by atoms with E-state index >= 15 is 0 Å². The zero-order chi connectivity index (χ0) is 20.5. The Morgan fingerprint density at radius 3 is 2.63 bits per heavy atom. The maximum atomic E-state index is 13.0. The Morgan fingerprint density at radius 2 is 1.97 bits per heavy atom. The van der Waals surface area contributed by atoms with Crippen LogP contribution in [0.4, 0.5) is 4.39 Å². The fraction of sp³-hybridized carbons (Fsp3) is 0.455. The summed E-state index contributed by atoms with van der Waals surface area (Å²) in [7, 11) is 1.79. The molecule has 1 aromatic heterocycles. The molecule has 0 radical (unpaired) electrons. The minimum Gasteiger partial charge on any atom is -0.439 e. The highest BCUT2D eigenvalue weighted by Gasteiger charge is 2.19. The summed E-state index contributed by atoms with van der Waals surface area (Å²) in [5.41, 5.74) is 1.03. The molecule has 1 aliphatic rings. The molecular formula is C22H31FIN5O. The lowest BCUT2D eigenvalue weighted by Crippen LogP contribution is -2.48. The van der Waals surface area contributed by atoms with E-state index in [1.165, 1.54) is 25.1 Å². The predicted molar refractivity (Wildman–Crippen MR) is 129 cm³/mol. The first kappa shape index (κ1) is 24.3. The molecule has 30 heavy (non-hydrogen) atoms. The monoisotopic (exact) mass is 527 g/mol. The summed E-state index contributed by atoms with van der Waals surface area (Å²) < 4.78 is 18.7. The number of ether oxygens (including phenoxy) is 1. The van der Waals surface area contributed by atoms with E-state index in [2.05, 4.69) is 32.4 Å². The quantitative estimate of drug-likeness (QED) is 0.322. The smallest absolute Gasteiger partial charge is 0.219 e. The number of nitrogens with zero attached hydrogens (tertiary/aromatic N) is 3. The van der Waals surface area contributed by atoms with Crippen LogP contribution in [0.2, 0.25) is 0 Å². The summed E-state index contributed by atoms with van der Waals surface area (Å²) in [6, 6.07) is 10.1. The van der Waals surface area contributed by atoms with Gasteiger partial charge >= 0.3 is 0 Å². The normalized spacial score (nSPS) is 15.4. The average molecular weight is 527 g/mol. The Balaban J connectivity index is 0.00000320. The zero-order valence-corrected chi connectivity index (χ0v) is 19.9. The van der Waals surface area contributed by atoms with E-state index in [9.17, 15) is 4.39 Å². The van der Waals surface area contributed by atoms with Crippen molar-refractivity contribution >= 4 is 29.9 Å². The van der Waals surface area contributed by atoms with Gasteiger partial charge in [0.25, 0.3) is 0 Å². The van der Waals surface area contributed by atoms with E-state index in [4.69, 9.17) is 4.74 Å². The minimum absolute atomic E-state index is 0. The lowest BCUT2D eigenvalue weighted by molar-refractivity contribution is 0.206. The van der Waals surface area contributed by atoms with Crippen LogP contribution in [0.15, 0.2) is 47.6 Å². The Hall–Kier alpha value is -1.94. The van der Waals surface area contributed by atoms with Gasteiger partial charge in [-0.25, -0.2) is 9.37 Å². The number of halogens is 2. The van der Waals surface area contributed by atoms with Crippen LogP contribution >= 0.6 is 24.0 Å². The van der Waals surface area contributed by atoms with Crippen LogP contribution < -0.4 is 15.4 Å². The second kappa shape index (κ2) is 12.7. The molecule has 8 heteroatoms. The van der Waals surface area contributed by atoms with Crippen molar-refractivity contribution in [3.05, 3.63) is 54.0 Å². The molecule has 1 fully saturated rings. The lowest BCUT2D eigenvalue weighted by atomic mass is 10.1. The van der Waals surface area contributed by atoms with Crippen molar-refractivity contribution in [1.82, 2.24) is 20.5 Å². The highest BCUT2D eigenvalue weighted by Crippen LogP contribution is 2.20. The maximum Gasteiger partial charge on any atom is 0.219 e. The molecule has 0 bridgehead atoms. The van der Waals surface area contributed by atoms with Crippen molar-refractivity contribution in [2.45, 2.75) is 38.8 Å². The van der Waals surface area contributed by atoms with Crippen LogP contribution in [-0.4, -0.2) is 48.6 Å². The third kappa shape index (κ3) is 7.71. The molecule has 0 aliphatic carbocycles. The molecular weight excluding hydrogens is 496 g/mol. The SMILES string of the molecule is CCCN1CCC(NC(=NC)NCc2ccnc(Oc3ccc(F)cc3)c2)CC1.I. The Kier molecular flexibility index (Phi) is 10.3. The summed E-state index contributed by atoms with van der Waals surface area (Å²) in [5, 5.41) is 6.89. The molecule has 0 spiro atoms. The topological polar surface area (TPSA) is 61.8 Å². The number of pyridine rings is 1. The van der Waals surface area contributed by atoms with Crippen molar-refractivity contribution in [3.8, 4) is 11.6 Å². The van der Waals surface area contributed by atoms with Gasteiger partial charge in [0.1, 0.15) is 11.6 Å². The summed E-state index contributed by atoms with van der Waals surface area (Å²) in [5.74, 6) is 1.54. The van der Waals surface area contributed by atoms with E-state index in [0.29, 0.717) is 24.2 Å². The number of benzene rings is 1. The molecule has 1 aromatic carbocycles. The second-order valence-electron chi connectivity index (χ2n) is 7.24. The number of nitrogens with one attached hydrogen (secondary N) is 2. The molecule has 6 nitrogen and oxygen atoms in total. The van der Waals surface area contributed by atoms with Gasteiger partial charge in [0.15, 0.2) is 5.96 Å². The summed E-state index contributed by atoms with van der Waals surface area (Å²) >= 11 is 0. The molecule has 3 rings (SSSR count). The largest absolute Gasteiger partial charge is 0.439 e. The van der Waals surface area contributed by atoms with E-state index in [-0.39, 0.29) is 29.8 Å². The van der Waals surface area contributed by atoms with E-state index in [0.717, 1.165) is 37.5 Å². The van der Waals surface area contributed by atoms with Gasteiger partial charge in [-0.1, -0.05) is 6.92 Å². The first-order valence-electron chi connectivity index (χ1n) is 10.2. The number of aliphatic imine (C=N–C) groups is 1. The van der Waals surface area contributed by atoms with Crippen LogP contribution in [0.1, 0.15) is 31.7 Å². The Labute approximate surface area is 195 Å². The Morgan fingerprint density at radius 1 is 1.23 bits per heavy atom. The fourth-order valence-electron chi connectivity index (χ4n) is 3.43. The van der Waals surface area contributed by atoms with E-state index < -0.39 is 0 Å². The van der Waals surface area contributed by atoms with Gasteiger partial charge < -0.3 is 20.3 Å². The highest BCUT2D eigenvalue weighted by molar-refractivity contribution is 14.0. The molecule has 2 aromatic rings. The van der Waals surface area contributed by atoms with Crippen molar-refractivity contribution < 1.29 is 9.13 Å². The maximum absolute atomic E-state index is 13.0. The van der Waals surface area contributed by atoms with Crippen LogP contribution in [0.25, 0.3) is 0 Å². The molecule has 164 valence electrons. The third-order valence-corrected chi connectivity index (χ3v) is 4.99. The number of hydrogen-bond donors (Lipinski definition) is 2. The van der Waals surface area contributed by atoms with Gasteiger partial charge in [0.05, 0.1) is 0 Å². The molecule has 0 amide bonds. The van der Waals surface area contributed by atoms with Gasteiger partial charge in [-0.15, -0.1) is 24.0 Å². The molecule has 0 unspecified atom stereocenters. The first-order valence-corrected chi connectivity index (χ1v) is 10.2. The van der Waals surface area contributed by atoms with Gasteiger partial charge in [-0.05, 0) is 61.7 Å². The van der Waals surface area contributed by atoms with Crippen LogP contribution in [0.5, 0.6) is 11.6 Å². The average Bonchev–Trinajstić information content (AvgIpc) is 2.74. The summed E-state index contributed by atoms with van der Waals surface area (Å²) in [6.45, 7) is 6.29. The number of rotatable bonds is 7. The number of hydrogen-bond acceptors (Lipinski definition) is 4. The number of likely N-dealkylation sites (tertiary alicyclic amines) is 1. The van der Waals surface area contributed by atoms with Crippen molar-refractivity contribution in [2.75, 3.05) is 26.7 Å². The number of guanidine groups is 1. The lowest BCUT2D eigenvalue weighted by Gasteiger charge is -2.32. The van der Waals surface area contributed by atoms with Gasteiger partial charge in [0.2, 0.25) is 5.88 Å². The fourth-order valence-corrected chi connectivity index (χ4v) is 3.43. The van der Waals surface area contributed by atoms with Gasteiger partial charge in [-0.3, -0.25) is 4.99 Å². The molecule has 2 N–H and O–H groups in total. The first-order chi connectivity index (χ1) is 14.2. The Bertz CT molecular complexity index is 794. The highest BCUT2D eigenvalue weighted by atomic mass is 127. The summed E-state index contributed by atoms with van der Waals surface area (Å²) in [6.07, 6.45) is 5.17.